The van der Waals surface area contributed by atoms with Gasteiger partial charge in [0.2, 0.25) is 0 Å². The lowest BCUT2D eigenvalue weighted by molar-refractivity contribution is -0.158. The minimum atomic E-state index is -0.347. The third-order valence-corrected chi connectivity index (χ3v) is 4.33. The highest BCUT2D eigenvalue weighted by Crippen LogP contribution is 2.36. The molecule has 1 aliphatic rings. The molecule has 5 nitrogen and oxygen atoms in total. The van der Waals surface area contributed by atoms with E-state index in [4.69, 9.17) is 9.88 Å². The highest BCUT2D eigenvalue weighted by molar-refractivity contribution is 8.11. The van der Waals surface area contributed by atoms with Gasteiger partial charge in [0.05, 0.1) is 12.0 Å². The monoisotopic (exact) mass is 299 g/mol. The van der Waals surface area contributed by atoms with Crippen molar-refractivity contribution in [2.75, 3.05) is 19.7 Å². The second kappa shape index (κ2) is 7.69. The number of nitrogens with two attached hydrogens (primary N) is 1. The van der Waals surface area contributed by atoms with Gasteiger partial charge in [0, 0.05) is 18.8 Å². The van der Waals surface area contributed by atoms with Crippen LogP contribution in [0.5, 0.6) is 0 Å². The van der Waals surface area contributed by atoms with Gasteiger partial charge in [-0.3, -0.25) is 9.93 Å². The Labute approximate surface area is 125 Å². The van der Waals surface area contributed by atoms with Gasteiger partial charge in [0.25, 0.3) is 0 Å². The molecule has 0 aromatic carbocycles. The fourth-order valence-electron chi connectivity index (χ4n) is 2.45. The number of nitrogens with zero attached hydrogens (tertiary/aromatic N) is 2. The zero-order valence-electron chi connectivity index (χ0n) is 12.6. The number of allylic oxidation sites excluding steroid dienone is 1. The molecule has 0 amide bonds. The zero-order chi connectivity index (χ0) is 15.2. The lowest BCUT2D eigenvalue weighted by Gasteiger charge is -2.40. The summed E-state index contributed by atoms with van der Waals surface area (Å²) in [5.41, 5.74) is 0.385. The van der Waals surface area contributed by atoms with E-state index in [-0.39, 0.29) is 11.4 Å². The molecule has 1 rings (SSSR count). The Balaban J connectivity index is 2.74. The van der Waals surface area contributed by atoms with Crippen LogP contribution in [0.1, 0.15) is 40.0 Å². The van der Waals surface area contributed by atoms with Gasteiger partial charge in [0.15, 0.2) is 5.17 Å². The topological polar surface area (TPSA) is 67.9 Å². The third kappa shape index (κ3) is 3.99. The Morgan fingerprint density at radius 3 is 2.45 bits per heavy atom. The number of piperidine rings is 1. The number of carbonyl (C=O) groups excluding carboxylic acids is 1. The summed E-state index contributed by atoms with van der Waals surface area (Å²) in [5, 5.41) is 6.44. The van der Waals surface area contributed by atoms with Crippen molar-refractivity contribution in [3.05, 3.63) is 12.3 Å². The number of rotatable bonds is 4. The van der Waals surface area contributed by atoms with Crippen LogP contribution in [0.2, 0.25) is 0 Å². The van der Waals surface area contributed by atoms with E-state index in [9.17, 15) is 4.79 Å². The van der Waals surface area contributed by atoms with E-state index in [2.05, 4.69) is 16.5 Å². The summed E-state index contributed by atoms with van der Waals surface area (Å²) in [6.07, 6.45) is 2.36. The zero-order valence-corrected chi connectivity index (χ0v) is 13.5. The van der Waals surface area contributed by atoms with Gasteiger partial charge in [-0.15, -0.1) is 0 Å². The maximum atomic E-state index is 12.2. The summed E-state index contributed by atoms with van der Waals surface area (Å²) in [7, 11) is 0. The van der Waals surface area contributed by atoms with Crippen LogP contribution in [0, 0.1) is 5.41 Å². The molecule has 0 saturated carbocycles. The Hall–Kier alpha value is -1.01. The lowest BCUT2D eigenvalue weighted by atomic mass is 9.76. The van der Waals surface area contributed by atoms with Crippen LogP contribution in [-0.2, 0) is 9.53 Å². The molecule has 0 bridgehead atoms. The second-order valence-electron chi connectivity index (χ2n) is 5.09. The number of aliphatic imine (C=N–C) groups is 1. The summed E-state index contributed by atoms with van der Waals surface area (Å²) in [4.78, 5) is 18.6. The van der Waals surface area contributed by atoms with Crippen LogP contribution in [-0.4, -0.2) is 35.7 Å². The smallest absolute Gasteiger partial charge is 0.312 e. The van der Waals surface area contributed by atoms with Crippen molar-refractivity contribution >= 4 is 23.1 Å². The maximum absolute atomic E-state index is 12.2. The van der Waals surface area contributed by atoms with Gasteiger partial charge < -0.3 is 9.64 Å². The van der Waals surface area contributed by atoms with Crippen molar-refractivity contribution in [3.63, 3.8) is 0 Å². The summed E-state index contributed by atoms with van der Waals surface area (Å²) in [6.45, 7) is 11.5. The molecule has 0 aromatic rings. The number of hydrogen-bond acceptors (Lipinski definition) is 5. The largest absolute Gasteiger partial charge is 0.466 e. The van der Waals surface area contributed by atoms with Gasteiger partial charge >= 0.3 is 5.97 Å². The van der Waals surface area contributed by atoms with Crippen molar-refractivity contribution in [3.8, 4) is 0 Å². The first kappa shape index (κ1) is 17.0. The molecule has 114 valence electrons. The Morgan fingerprint density at radius 2 is 2.05 bits per heavy atom. The molecule has 2 N–H and O–H groups in total. The number of esters is 1. The maximum Gasteiger partial charge on any atom is 0.312 e. The summed E-state index contributed by atoms with van der Waals surface area (Å²) >= 11 is 1.13. The van der Waals surface area contributed by atoms with E-state index in [1.54, 1.807) is 0 Å². The van der Waals surface area contributed by atoms with Crippen molar-refractivity contribution in [2.24, 2.45) is 15.5 Å². The summed E-state index contributed by atoms with van der Waals surface area (Å²) in [6, 6.07) is 0. The molecule has 1 heterocycles. The third-order valence-electron chi connectivity index (χ3n) is 3.77. The molecule has 1 fully saturated rings. The number of likely N-dealkylation sites (tertiary alicyclic amines) is 1. The first-order valence-corrected chi connectivity index (χ1v) is 7.90. The van der Waals surface area contributed by atoms with Crippen molar-refractivity contribution in [1.82, 2.24) is 4.90 Å². The molecule has 0 unspecified atom stereocenters. The van der Waals surface area contributed by atoms with Crippen LogP contribution >= 0.6 is 11.9 Å². The van der Waals surface area contributed by atoms with Crippen LogP contribution in [0.4, 0.5) is 0 Å². The number of ether oxygens (including phenoxy) is 1. The van der Waals surface area contributed by atoms with Gasteiger partial charge in [-0.1, -0.05) is 13.5 Å². The minimum Gasteiger partial charge on any atom is -0.466 e. The molecule has 0 radical (unpaired) electrons. The van der Waals surface area contributed by atoms with Gasteiger partial charge in [-0.2, -0.15) is 0 Å². The predicted octanol–water partition coefficient (Wildman–Crippen LogP) is 2.54. The molecular weight excluding hydrogens is 274 g/mol. The van der Waals surface area contributed by atoms with Crippen LogP contribution in [0.3, 0.4) is 0 Å². The second-order valence-corrected chi connectivity index (χ2v) is 5.69. The fraction of sp³-hybridized carbons (Fsp3) is 0.714. The Kier molecular flexibility index (Phi) is 6.55. The highest BCUT2D eigenvalue weighted by atomic mass is 32.2. The van der Waals surface area contributed by atoms with Crippen molar-refractivity contribution in [2.45, 2.75) is 40.0 Å². The Bertz CT molecular complexity index is 388. The Morgan fingerprint density at radius 1 is 1.45 bits per heavy atom. The molecule has 0 atom stereocenters. The summed E-state index contributed by atoms with van der Waals surface area (Å²) in [5.74, 6) is -0.0686. The molecule has 0 spiro atoms. The number of amidine groups is 1. The van der Waals surface area contributed by atoms with Crippen LogP contribution in [0.25, 0.3) is 0 Å². The van der Waals surface area contributed by atoms with Crippen LogP contribution < -0.4 is 5.14 Å². The molecular formula is C14H25N3O2S. The minimum absolute atomic E-state index is 0.0686. The van der Waals surface area contributed by atoms with E-state index in [1.165, 1.54) is 0 Å². The van der Waals surface area contributed by atoms with Gasteiger partial charge in [0.1, 0.15) is 0 Å². The van der Waals surface area contributed by atoms with Gasteiger partial charge in [-0.25, -0.2) is 4.99 Å². The van der Waals surface area contributed by atoms with E-state index < -0.39 is 0 Å². The van der Waals surface area contributed by atoms with Gasteiger partial charge in [-0.05, 0) is 45.1 Å². The molecule has 0 aromatic heterocycles. The first-order chi connectivity index (χ1) is 9.49. The number of hydrogen-bond donors (Lipinski definition) is 1. The SMILES string of the molecule is C=C(C)/N=C(\SN)N1CCC(CC)(C(=O)OCC)CC1. The molecule has 1 saturated heterocycles. The molecule has 0 aliphatic carbocycles. The number of carbonyl (C=O) groups is 1. The van der Waals surface area contributed by atoms with Crippen molar-refractivity contribution < 1.29 is 9.53 Å². The fourth-order valence-corrected chi connectivity index (χ4v) is 2.99. The predicted molar refractivity (Wildman–Crippen MR) is 84.2 cm³/mol. The average Bonchev–Trinajstić information content (AvgIpc) is 2.45. The summed E-state index contributed by atoms with van der Waals surface area (Å²) < 4.78 is 5.23. The highest BCUT2D eigenvalue weighted by Gasteiger charge is 2.41. The van der Waals surface area contributed by atoms with E-state index in [1.807, 2.05) is 20.8 Å². The van der Waals surface area contributed by atoms with E-state index >= 15 is 0 Å². The van der Waals surface area contributed by atoms with Crippen LogP contribution in [0.15, 0.2) is 17.3 Å². The van der Waals surface area contributed by atoms with E-state index in [0.717, 1.165) is 55.2 Å². The average molecular weight is 299 g/mol. The van der Waals surface area contributed by atoms with E-state index in [0.29, 0.717) is 6.61 Å². The quantitative estimate of drug-likeness (QED) is 0.374. The molecule has 1 aliphatic heterocycles. The normalized spacial score (nSPS) is 18.8. The molecule has 20 heavy (non-hydrogen) atoms. The lowest BCUT2D eigenvalue weighted by Crippen LogP contribution is -2.46. The first-order valence-electron chi connectivity index (χ1n) is 7.02. The molecule has 6 heteroatoms. The van der Waals surface area contributed by atoms with Crippen molar-refractivity contribution in [1.29, 1.82) is 0 Å². The standard InChI is InChI=1S/C14H25N3O2S/c1-5-14(12(18)19-6-2)7-9-17(10-8-14)13(20-15)16-11(3)4/h3,5-10,15H2,1-2,4H3/b16-13-.